The van der Waals surface area contributed by atoms with Gasteiger partial charge in [0.25, 0.3) is 0 Å². The minimum Gasteiger partial charge on any atom is -0.309 e. The highest BCUT2D eigenvalue weighted by atomic mass is 32.1. The van der Waals surface area contributed by atoms with Gasteiger partial charge in [0.15, 0.2) is 0 Å². The molecule has 1 aliphatic rings. The van der Waals surface area contributed by atoms with Crippen LogP contribution in [0.2, 0.25) is 0 Å². The van der Waals surface area contributed by atoms with Crippen LogP contribution in [-0.2, 0) is 20.9 Å². The summed E-state index contributed by atoms with van der Waals surface area (Å²) in [5.74, 6) is -2.24. The molecule has 0 aliphatic carbocycles. The highest BCUT2D eigenvalue weighted by Gasteiger charge is 2.45. The number of urea groups is 1. The maximum Gasteiger partial charge on any atom is 0.335 e. The summed E-state index contributed by atoms with van der Waals surface area (Å²) in [6.45, 7) is 1.38. The average molecular weight is 500 g/mol. The minimum atomic E-state index is -1.02. The summed E-state index contributed by atoms with van der Waals surface area (Å²) < 4.78 is 1.58. The fraction of sp³-hybridized carbons (Fsp3) is 0.115. The Morgan fingerprint density at radius 2 is 1.64 bits per heavy atom. The van der Waals surface area contributed by atoms with Crippen molar-refractivity contribution < 1.29 is 19.2 Å². The summed E-state index contributed by atoms with van der Waals surface area (Å²) in [4.78, 5) is 52.8. The molecule has 3 heterocycles. The molecule has 0 saturated carbocycles. The first-order valence-electron chi connectivity index (χ1n) is 11.1. The number of thiophene rings is 1. The van der Waals surface area contributed by atoms with E-state index in [1.165, 1.54) is 11.3 Å². The van der Waals surface area contributed by atoms with E-state index < -0.39 is 30.3 Å². The van der Waals surface area contributed by atoms with Gasteiger partial charge in [-0.1, -0.05) is 54.1 Å². The van der Waals surface area contributed by atoms with Gasteiger partial charge >= 0.3 is 17.8 Å². The normalized spacial score (nSPS) is 13.5. The molecule has 2 aromatic heterocycles. The average Bonchev–Trinajstić information content (AvgIpc) is 3.59. The molecular weight excluding hydrogens is 478 g/mol. The van der Waals surface area contributed by atoms with Gasteiger partial charge in [0.1, 0.15) is 12.4 Å². The van der Waals surface area contributed by atoms with Crippen molar-refractivity contribution >= 4 is 40.9 Å². The van der Waals surface area contributed by atoms with Gasteiger partial charge in [-0.25, -0.2) is 14.4 Å². The lowest BCUT2D eigenvalue weighted by Crippen LogP contribution is -2.39. The van der Waals surface area contributed by atoms with Crippen molar-refractivity contribution in [2.24, 2.45) is 0 Å². The molecule has 1 saturated heterocycles. The Hall–Kier alpha value is -4.57. The summed E-state index contributed by atoms with van der Waals surface area (Å²) in [6, 6.07) is 21.5. The van der Waals surface area contributed by atoms with Gasteiger partial charge in [0.05, 0.1) is 17.9 Å². The van der Waals surface area contributed by atoms with Crippen LogP contribution in [0.1, 0.15) is 10.4 Å². The number of nitrogens with zero attached hydrogens (tertiary/aromatic N) is 4. The molecule has 1 N–H and O–H groups in total. The predicted octanol–water partition coefficient (Wildman–Crippen LogP) is 3.84. The number of nitrogens with one attached hydrogen (secondary N) is 1. The van der Waals surface area contributed by atoms with Crippen molar-refractivity contribution in [3.05, 3.63) is 88.6 Å². The topological polar surface area (TPSA) is 105 Å². The van der Waals surface area contributed by atoms with Gasteiger partial charge in [0.2, 0.25) is 5.91 Å². The summed E-state index contributed by atoms with van der Waals surface area (Å²) in [5, 5.41) is 9.21. The maximum absolute atomic E-state index is 12.9. The van der Waals surface area contributed by atoms with E-state index in [1.807, 2.05) is 66.9 Å². The molecule has 36 heavy (non-hydrogen) atoms. The lowest BCUT2D eigenvalue weighted by atomic mass is 10.1. The summed E-state index contributed by atoms with van der Waals surface area (Å²) in [6.07, 6.45) is 0. The molecule has 0 radical (unpaired) electrons. The zero-order valence-corrected chi connectivity index (χ0v) is 20.1. The molecule has 0 spiro atoms. The van der Waals surface area contributed by atoms with Gasteiger partial charge in [-0.15, -0.1) is 11.3 Å². The Bertz CT molecular complexity index is 1450. The third-order valence-electron chi connectivity index (χ3n) is 5.66. The Morgan fingerprint density at radius 1 is 0.917 bits per heavy atom. The van der Waals surface area contributed by atoms with E-state index >= 15 is 0 Å². The third kappa shape index (κ3) is 4.53. The van der Waals surface area contributed by atoms with Crippen LogP contribution in [0.5, 0.6) is 0 Å². The molecule has 2 aromatic carbocycles. The van der Waals surface area contributed by atoms with Crippen LogP contribution in [0.4, 0.5) is 10.6 Å². The standard InChI is InChI=1S/C26H21N5O4S/c1-17-9-11-18(12-10-17)21-14-22(31(28-21)19-6-3-2-4-7-19)27-23(32)16-30-25(34)24(33)29(26(30)35)15-20-8-5-13-36-20/h2-14H,15-16H2,1H3,(H,27,32). The molecule has 10 heteroatoms. The van der Waals surface area contributed by atoms with Gasteiger partial charge in [-0.05, 0) is 30.5 Å². The maximum atomic E-state index is 12.9. The van der Waals surface area contributed by atoms with Crippen LogP contribution < -0.4 is 5.32 Å². The van der Waals surface area contributed by atoms with Crippen molar-refractivity contribution in [2.75, 3.05) is 11.9 Å². The van der Waals surface area contributed by atoms with Crippen LogP contribution in [0.15, 0.2) is 78.2 Å². The number of benzene rings is 2. The largest absolute Gasteiger partial charge is 0.335 e. The summed E-state index contributed by atoms with van der Waals surface area (Å²) in [5.41, 5.74) is 3.33. The summed E-state index contributed by atoms with van der Waals surface area (Å²) >= 11 is 1.37. The third-order valence-corrected chi connectivity index (χ3v) is 6.52. The molecule has 1 aliphatic heterocycles. The fourth-order valence-corrected chi connectivity index (χ4v) is 4.51. The smallest absolute Gasteiger partial charge is 0.309 e. The number of imide groups is 2. The Kier molecular flexibility index (Phi) is 6.17. The van der Waals surface area contributed by atoms with Gasteiger partial charge in [0, 0.05) is 16.5 Å². The molecule has 180 valence electrons. The van der Waals surface area contributed by atoms with Crippen LogP contribution >= 0.6 is 11.3 Å². The number of hydrogen-bond donors (Lipinski definition) is 1. The van der Waals surface area contributed by atoms with Crippen molar-refractivity contribution in [3.8, 4) is 16.9 Å². The minimum absolute atomic E-state index is 0.0140. The van der Waals surface area contributed by atoms with E-state index in [4.69, 9.17) is 0 Å². The first-order valence-corrected chi connectivity index (χ1v) is 12.0. The number of anilines is 1. The number of para-hydroxylation sites is 1. The Morgan fingerprint density at radius 3 is 2.33 bits per heavy atom. The number of amides is 5. The van der Waals surface area contributed by atoms with Crippen molar-refractivity contribution in [1.29, 1.82) is 0 Å². The number of carbonyl (C=O) groups is 4. The Balaban J connectivity index is 1.37. The second-order valence-corrected chi connectivity index (χ2v) is 9.25. The molecule has 1 fully saturated rings. The highest BCUT2D eigenvalue weighted by molar-refractivity contribution is 7.09. The number of aryl methyl sites for hydroxylation is 1. The molecule has 9 nitrogen and oxygen atoms in total. The number of aromatic nitrogens is 2. The van der Waals surface area contributed by atoms with E-state index in [2.05, 4.69) is 10.4 Å². The highest BCUT2D eigenvalue weighted by Crippen LogP contribution is 2.25. The van der Waals surface area contributed by atoms with Crippen molar-refractivity contribution in [3.63, 3.8) is 0 Å². The quantitative estimate of drug-likeness (QED) is 0.307. The van der Waals surface area contributed by atoms with E-state index in [0.717, 1.165) is 26.6 Å². The zero-order chi connectivity index (χ0) is 25.2. The van der Waals surface area contributed by atoms with Gasteiger partial charge in [-0.3, -0.25) is 19.3 Å². The first kappa shape index (κ1) is 23.2. The van der Waals surface area contributed by atoms with Crippen LogP contribution in [-0.4, -0.2) is 49.9 Å². The zero-order valence-electron chi connectivity index (χ0n) is 19.2. The van der Waals surface area contributed by atoms with Gasteiger partial charge < -0.3 is 5.32 Å². The molecule has 0 atom stereocenters. The van der Waals surface area contributed by atoms with E-state index in [0.29, 0.717) is 16.4 Å². The second-order valence-electron chi connectivity index (χ2n) is 8.22. The number of rotatable bonds is 7. The monoisotopic (exact) mass is 499 g/mol. The van der Waals surface area contributed by atoms with Gasteiger partial charge in [-0.2, -0.15) is 5.10 Å². The van der Waals surface area contributed by atoms with Crippen LogP contribution in [0.3, 0.4) is 0 Å². The van der Waals surface area contributed by atoms with Crippen LogP contribution in [0.25, 0.3) is 16.9 Å². The lowest BCUT2D eigenvalue weighted by Gasteiger charge is -2.15. The molecule has 5 rings (SSSR count). The molecule has 0 unspecified atom stereocenters. The first-order chi connectivity index (χ1) is 17.4. The van der Waals surface area contributed by atoms with Crippen LogP contribution in [0, 0.1) is 6.92 Å². The Labute approximate surface area is 210 Å². The number of carbonyl (C=O) groups excluding carboxylic acids is 4. The van der Waals surface area contributed by atoms with E-state index in [9.17, 15) is 19.2 Å². The lowest BCUT2D eigenvalue weighted by molar-refractivity contribution is -0.143. The molecule has 0 bridgehead atoms. The molecule has 4 aromatic rings. The van der Waals surface area contributed by atoms with Crippen molar-refractivity contribution in [2.45, 2.75) is 13.5 Å². The second kappa shape index (κ2) is 9.59. The van der Waals surface area contributed by atoms with Crippen molar-refractivity contribution in [1.82, 2.24) is 19.6 Å². The number of hydrogen-bond acceptors (Lipinski definition) is 6. The predicted molar refractivity (Wildman–Crippen MR) is 134 cm³/mol. The SMILES string of the molecule is Cc1ccc(-c2cc(NC(=O)CN3C(=O)C(=O)N(Cc4cccs4)C3=O)n(-c3ccccc3)n2)cc1. The van der Waals surface area contributed by atoms with E-state index in [1.54, 1.807) is 22.9 Å². The fourth-order valence-electron chi connectivity index (χ4n) is 3.82. The molecule has 5 amide bonds. The molecular formula is C26H21N5O4S. The summed E-state index contributed by atoms with van der Waals surface area (Å²) in [7, 11) is 0. The van der Waals surface area contributed by atoms with E-state index in [-0.39, 0.29) is 6.54 Å².